The van der Waals surface area contributed by atoms with Gasteiger partial charge in [-0.3, -0.25) is 0 Å². The Morgan fingerprint density at radius 3 is 2.76 bits per heavy atom. The standard InChI is InChI=1S/C11H14ClN3O2/c12-9-7-8(13)1-2-10(9)14-11(16)15-3-5-17-6-4-15/h1-2,7H,3-6,13H2,(H,14,16). The van der Waals surface area contributed by atoms with Crippen LogP contribution in [0, 0.1) is 0 Å². The minimum absolute atomic E-state index is 0.167. The number of hydrogen-bond acceptors (Lipinski definition) is 3. The number of carbonyl (C=O) groups excluding carboxylic acids is 1. The van der Waals surface area contributed by atoms with E-state index >= 15 is 0 Å². The zero-order valence-electron chi connectivity index (χ0n) is 9.28. The molecule has 0 aromatic heterocycles. The molecule has 0 unspecified atom stereocenters. The molecule has 17 heavy (non-hydrogen) atoms. The lowest BCUT2D eigenvalue weighted by molar-refractivity contribution is 0.0564. The summed E-state index contributed by atoms with van der Waals surface area (Å²) in [6.07, 6.45) is 0. The van der Waals surface area contributed by atoms with Crippen molar-refractivity contribution in [2.45, 2.75) is 0 Å². The first-order chi connectivity index (χ1) is 8.16. The Balaban J connectivity index is 2.02. The van der Waals surface area contributed by atoms with E-state index in [9.17, 15) is 4.79 Å². The van der Waals surface area contributed by atoms with Gasteiger partial charge in [-0.2, -0.15) is 0 Å². The van der Waals surface area contributed by atoms with Gasteiger partial charge in [0.2, 0.25) is 0 Å². The number of hydrogen-bond donors (Lipinski definition) is 2. The number of nitrogen functional groups attached to an aromatic ring is 1. The van der Waals surface area contributed by atoms with Gasteiger partial charge in [-0.15, -0.1) is 0 Å². The Morgan fingerprint density at radius 1 is 1.41 bits per heavy atom. The molecule has 92 valence electrons. The molecule has 2 amide bonds. The summed E-state index contributed by atoms with van der Waals surface area (Å²) >= 11 is 5.97. The van der Waals surface area contributed by atoms with Crippen LogP contribution in [0.2, 0.25) is 5.02 Å². The van der Waals surface area contributed by atoms with Gasteiger partial charge in [-0.05, 0) is 18.2 Å². The normalized spacial score (nSPS) is 15.7. The van der Waals surface area contributed by atoms with E-state index in [0.717, 1.165) is 0 Å². The van der Waals surface area contributed by atoms with Crippen molar-refractivity contribution >= 4 is 29.0 Å². The van der Waals surface area contributed by atoms with Crippen LogP contribution in [0.15, 0.2) is 18.2 Å². The first-order valence-corrected chi connectivity index (χ1v) is 5.73. The molecular formula is C11H14ClN3O2. The zero-order chi connectivity index (χ0) is 12.3. The third-order valence-electron chi connectivity index (χ3n) is 2.53. The minimum atomic E-state index is -0.167. The fourth-order valence-electron chi connectivity index (χ4n) is 1.59. The summed E-state index contributed by atoms with van der Waals surface area (Å²) in [7, 11) is 0. The highest BCUT2D eigenvalue weighted by Gasteiger charge is 2.17. The van der Waals surface area contributed by atoms with Crippen LogP contribution in [0.1, 0.15) is 0 Å². The SMILES string of the molecule is Nc1ccc(NC(=O)N2CCOCC2)c(Cl)c1. The molecule has 1 aliphatic heterocycles. The zero-order valence-corrected chi connectivity index (χ0v) is 10.0. The van der Waals surface area contributed by atoms with E-state index < -0.39 is 0 Å². The van der Waals surface area contributed by atoms with E-state index in [1.165, 1.54) is 0 Å². The van der Waals surface area contributed by atoms with E-state index in [4.69, 9.17) is 22.1 Å². The molecular weight excluding hydrogens is 242 g/mol. The second kappa shape index (κ2) is 5.25. The van der Waals surface area contributed by atoms with Gasteiger partial charge in [0.1, 0.15) is 0 Å². The summed E-state index contributed by atoms with van der Waals surface area (Å²) in [5.74, 6) is 0. The minimum Gasteiger partial charge on any atom is -0.399 e. The molecule has 0 spiro atoms. The Kier molecular flexibility index (Phi) is 3.71. The molecule has 1 fully saturated rings. The number of urea groups is 1. The lowest BCUT2D eigenvalue weighted by Gasteiger charge is -2.27. The number of amides is 2. The summed E-state index contributed by atoms with van der Waals surface area (Å²) in [6, 6.07) is 4.83. The molecule has 0 radical (unpaired) electrons. The summed E-state index contributed by atoms with van der Waals surface area (Å²) in [6.45, 7) is 2.34. The maximum absolute atomic E-state index is 11.9. The predicted molar refractivity (Wildman–Crippen MR) is 67.3 cm³/mol. The van der Waals surface area contributed by atoms with E-state index in [1.807, 2.05) is 0 Å². The predicted octanol–water partition coefficient (Wildman–Crippen LogP) is 1.79. The number of nitrogens with one attached hydrogen (secondary N) is 1. The molecule has 6 heteroatoms. The molecule has 1 heterocycles. The summed E-state index contributed by atoms with van der Waals surface area (Å²) in [5, 5.41) is 3.19. The van der Waals surface area contributed by atoms with Crippen LogP contribution < -0.4 is 11.1 Å². The third-order valence-corrected chi connectivity index (χ3v) is 2.85. The Labute approximate surface area is 104 Å². The second-order valence-electron chi connectivity index (χ2n) is 3.77. The van der Waals surface area contributed by atoms with Crippen molar-refractivity contribution in [2.24, 2.45) is 0 Å². The fraction of sp³-hybridized carbons (Fsp3) is 0.364. The molecule has 0 aliphatic carbocycles. The van der Waals surface area contributed by atoms with E-state index in [0.29, 0.717) is 42.7 Å². The quantitative estimate of drug-likeness (QED) is 0.752. The number of morpholine rings is 1. The van der Waals surface area contributed by atoms with Crippen molar-refractivity contribution < 1.29 is 9.53 Å². The van der Waals surface area contributed by atoms with Gasteiger partial charge in [-0.1, -0.05) is 11.6 Å². The number of anilines is 2. The number of carbonyl (C=O) groups is 1. The molecule has 2 rings (SSSR count). The van der Waals surface area contributed by atoms with E-state index in [1.54, 1.807) is 23.1 Å². The van der Waals surface area contributed by atoms with Crippen molar-refractivity contribution in [1.29, 1.82) is 0 Å². The molecule has 1 aliphatic rings. The first-order valence-electron chi connectivity index (χ1n) is 5.35. The first kappa shape index (κ1) is 12.0. The topological polar surface area (TPSA) is 67.6 Å². The molecule has 0 atom stereocenters. The van der Waals surface area contributed by atoms with Crippen molar-refractivity contribution in [3.05, 3.63) is 23.2 Å². The largest absolute Gasteiger partial charge is 0.399 e. The number of rotatable bonds is 1. The van der Waals surface area contributed by atoms with E-state index in [2.05, 4.69) is 5.32 Å². The lowest BCUT2D eigenvalue weighted by atomic mass is 10.3. The maximum atomic E-state index is 11.9. The van der Waals surface area contributed by atoms with Gasteiger partial charge in [0.25, 0.3) is 0 Å². The molecule has 5 nitrogen and oxygen atoms in total. The average Bonchev–Trinajstić information content (AvgIpc) is 2.34. The van der Waals surface area contributed by atoms with Gasteiger partial charge < -0.3 is 20.7 Å². The highest BCUT2D eigenvalue weighted by atomic mass is 35.5. The van der Waals surface area contributed by atoms with Crippen LogP contribution in [0.5, 0.6) is 0 Å². The number of ether oxygens (including phenoxy) is 1. The molecule has 3 N–H and O–H groups in total. The van der Waals surface area contributed by atoms with E-state index in [-0.39, 0.29) is 6.03 Å². The second-order valence-corrected chi connectivity index (χ2v) is 4.18. The monoisotopic (exact) mass is 255 g/mol. The highest BCUT2D eigenvalue weighted by Crippen LogP contribution is 2.24. The molecule has 0 saturated carbocycles. The van der Waals surface area contributed by atoms with Crippen molar-refractivity contribution in [1.82, 2.24) is 4.90 Å². The van der Waals surface area contributed by atoms with Gasteiger partial charge in [0.05, 0.1) is 23.9 Å². The third kappa shape index (κ3) is 3.01. The van der Waals surface area contributed by atoms with Crippen LogP contribution in [0.25, 0.3) is 0 Å². The van der Waals surface area contributed by atoms with Gasteiger partial charge in [-0.25, -0.2) is 4.79 Å². The van der Waals surface area contributed by atoms with Crippen LogP contribution in [0.3, 0.4) is 0 Å². The lowest BCUT2D eigenvalue weighted by Crippen LogP contribution is -2.43. The summed E-state index contributed by atoms with van der Waals surface area (Å²) < 4.78 is 5.18. The number of nitrogens with zero attached hydrogens (tertiary/aromatic N) is 1. The maximum Gasteiger partial charge on any atom is 0.322 e. The number of benzene rings is 1. The average molecular weight is 256 g/mol. The molecule has 0 bridgehead atoms. The van der Waals surface area contributed by atoms with Gasteiger partial charge >= 0.3 is 6.03 Å². The molecule has 1 aromatic carbocycles. The highest BCUT2D eigenvalue weighted by molar-refractivity contribution is 6.34. The van der Waals surface area contributed by atoms with Crippen molar-refractivity contribution in [3.63, 3.8) is 0 Å². The Bertz CT molecular complexity index is 419. The van der Waals surface area contributed by atoms with Crippen molar-refractivity contribution in [2.75, 3.05) is 37.4 Å². The molecule has 1 saturated heterocycles. The molecule has 1 aromatic rings. The smallest absolute Gasteiger partial charge is 0.322 e. The van der Waals surface area contributed by atoms with Gasteiger partial charge in [0, 0.05) is 18.8 Å². The van der Waals surface area contributed by atoms with Crippen LogP contribution >= 0.6 is 11.6 Å². The summed E-state index contributed by atoms with van der Waals surface area (Å²) in [4.78, 5) is 13.6. The van der Waals surface area contributed by atoms with Gasteiger partial charge in [0.15, 0.2) is 0 Å². The summed E-state index contributed by atoms with van der Waals surface area (Å²) in [5.41, 5.74) is 6.71. The van der Waals surface area contributed by atoms with Crippen LogP contribution in [-0.4, -0.2) is 37.2 Å². The Hall–Kier alpha value is -1.46. The van der Waals surface area contributed by atoms with Crippen molar-refractivity contribution in [3.8, 4) is 0 Å². The fourth-order valence-corrected chi connectivity index (χ4v) is 1.83. The van der Waals surface area contributed by atoms with Crippen LogP contribution in [0.4, 0.5) is 16.2 Å². The number of halogens is 1. The number of nitrogens with two attached hydrogens (primary N) is 1. The van der Waals surface area contributed by atoms with Crippen LogP contribution in [-0.2, 0) is 4.74 Å². The Morgan fingerprint density at radius 2 is 2.12 bits per heavy atom.